The molecule has 1 aromatic heterocycles. The highest BCUT2D eigenvalue weighted by Gasteiger charge is 2.08. The Labute approximate surface area is 116 Å². The van der Waals surface area contributed by atoms with Gasteiger partial charge in [0.05, 0.1) is 5.56 Å². The van der Waals surface area contributed by atoms with Gasteiger partial charge in [-0.3, -0.25) is 0 Å². The van der Waals surface area contributed by atoms with Gasteiger partial charge < -0.3 is 10.4 Å². The molecule has 1 aromatic carbocycles. The molecule has 2 N–H and O–H groups in total. The fourth-order valence-electron chi connectivity index (χ4n) is 1.74. The van der Waals surface area contributed by atoms with Crippen LogP contribution in [0.3, 0.4) is 0 Å². The minimum atomic E-state index is -0.976. The Bertz CT molecular complexity index is 641. The third kappa shape index (κ3) is 3.03. The van der Waals surface area contributed by atoms with Crippen LogP contribution in [0.1, 0.15) is 21.6 Å². The Morgan fingerprint density at radius 2 is 2.05 bits per heavy atom. The molecular weight excluding hydrogens is 264 g/mol. The molecule has 4 nitrogen and oxygen atoms in total. The maximum atomic E-state index is 11.0. The summed E-state index contributed by atoms with van der Waals surface area (Å²) < 4.78 is 0. The zero-order chi connectivity index (χ0) is 14.0. The minimum Gasteiger partial charge on any atom is -0.478 e. The van der Waals surface area contributed by atoms with E-state index in [1.54, 1.807) is 13.0 Å². The van der Waals surface area contributed by atoms with Crippen molar-refractivity contribution in [2.45, 2.75) is 13.8 Å². The highest BCUT2D eigenvalue weighted by Crippen LogP contribution is 2.25. The first-order chi connectivity index (χ1) is 8.97. The number of carboxylic acids is 1. The summed E-state index contributed by atoms with van der Waals surface area (Å²) >= 11 is 6.04. The van der Waals surface area contributed by atoms with Crippen LogP contribution < -0.4 is 5.32 Å². The van der Waals surface area contributed by atoms with Crippen LogP contribution in [0.15, 0.2) is 30.3 Å². The predicted octanol–water partition coefficient (Wildman–Crippen LogP) is 3.79. The summed E-state index contributed by atoms with van der Waals surface area (Å²) in [5.41, 5.74) is 2.54. The average molecular weight is 277 g/mol. The van der Waals surface area contributed by atoms with E-state index >= 15 is 0 Å². The minimum absolute atomic E-state index is 0.203. The fourth-order valence-corrected chi connectivity index (χ4v) is 1.91. The van der Waals surface area contributed by atoms with Crippen molar-refractivity contribution in [2.24, 2.45) is 0 Å². The molecule has 2 rings (SSSR count). The Morgan fingerprint density at radius 3 is 2.74 bits per heavy atom. The van der Waals surface area contributed by atoms with Gasteiger partial charge in [-0.05, 0) is 43.7 Å². The topological polar surface area (TPSA) is 62.2 Å². The van der Waals surface area contributed by atoms with Crippen molar-refractivity contribution in [3.63, 3.8) is 0 Å². The van der Waals surface area contributed by atoms with E-state index in [-0.39, 0.29) is 5.56 Å². The van der Waals surface area contributed by atoms with E-state index in [2.05, 4.69) is 10.3 Å². The van der Waals surface area contributed by atoms with Crippen LogP contribution in [0.4, 0.5) is 11.5 Å². The number of aromatic nitrogens is 1. The molecule has 2 aromatic rings. The van der Waals surface area contributed by atoms with Gasteiger partial charge in [0.25, 0.3) is 0 Å². The van der Waals surface area contributed by atoms with E-state index in [1.807, 2.05) is 19.1 Å². The molecule has 0 unspecified atom stereocenters. The SMILES string of the molecule is Cc1cc(C(=O)O)cc(Nc2cccc(Cl)c2C)n1. The van der Waals surface area contributed by atoms with Gasteiger partial charge in [0.15, 0.2) is 0 Å². The summed E-state index contributed by atoms with van der Waals surface area (Å²) in [5.74, 6) is -0.487. The second-order valence-electron chi connectivity index (χ2n) is 4.22. The van der Waals surface area contributed by atoms with Gasteiger partial charge >= 0.3 is 5.97 Å². The van der Waals surface area contributed by atoms with Crippen molar-refractivity contribution >= 4 is 29.1 Å². The number of benzene rings is 1. The lowest BCUT2D eigenvalue weighted by Gasteiger charge is -2.11. The number of aryl methyl sites for hydroxylation is 1. The summed E-state index contributed by atoms with van der Waals surface area (Å²) in [6, 6.07) is 8.51. The lowest BCUT2D eigenvalue weighted by Crippen LogP contribution is -2.02. The summed E-state index contributed by atoms with van der Waals surface area (Å²) in [5, 5.41) is 12.8. The molecule has 0 saturated heterocycles. The Kier molecular flexibility index (Phi) is 3.71. The number of hydrogen-bond donors (Lipinski definition) is 2. The fraction of sp³-hybridized carbons (Fsp3) is 0.143. The van der Waals surface area contributed by atoms with Gasteiger partial charge in [0.1, 0.15) is 5.82 Å². The quantitative estimate of drug-likeness (QED) is 0.895. The maximum Gasteiger partial charge on any atom is 0.335 e. The van der Waals surface area contributed by atoms with E-state index in [1.165, 1.54) is 12.1 Å². The van der Waals surface area contributed by atoms with E-state index in [4.69, 9.17) is 16.7 Å². The number of hydrogen-bond acceptors (Lipinski definition) is 3. The number of pyridine rings is 1. The highest BCUT2D eigenvalue weighted by molar-refractivity contribution is 6.31. The molecule has 0 aliphatic rings. The first-order valence-corrected chi connectivity index (χ1v) is 6.09. The van der Waals surface area contributed by atoms with Crippen molar-refractivity contribution in [1.29, 1.82) is 0 Å². The molecule has 5 heteroatoms. The van der Waals surface area contributed by atoms with E-state index in [0.717, 1.165) is 11.3 Å². The number of nitrogens with one attached hydrogen (secondary N) is 1. The van der Waals surface area contributed by atoms with Gasteiger partial charge in [0.2, 0.25) is 0 Å². The molecule has 98 valence electrons. The van der Waals surface area contributed by atoms with Crippen LogP contribution in [0.25, 0.3) is 0 Å². The summed E-state index contributed by atoms with van der Waals surface area (Å²) in [6.07, 6.45) is 0. The molecule has 0 radical (unpaired) electrons. The third-order valence-electron chi connectivity index (χ3n) is 2.73. The number of halogens is 1. The Balaban J connectivity index is 2.38. The molecule has 0 amide bonds. The summed E-state index contributed by atoms with van der Waals surface area (Å²) in [4.78, 5) is 15.3. The van der Waals surface area contributed by atoms with Gasteiger partial charge in [-0.1, -0.05) is 17.7 Å². The molecule has 0 aliphatic carbocycles. The Hall–Kier alpha value is -2.07. The van der Waals surface area contributed by atoms with Crippen molar-refractivity contribution in [1.82, 2.24) is 4.98 Å². The number of carboxylic acid groups (broad SMARTS) is 1. The molecule has 19 heavy (non-hydrogen) atoms. The highest BCUT2D eigenvalue weighted by atomic mass is 35.5. The van der Waals surface area contributed by atoms with Gasteiger partial charge in [-0.25, -0.2) is 9.78 Å². The van der Waals surface area contributed by atoms with Crippen LogP contribution in [0.5, 0.6) is 0 Å². The van der Waals surface area contributed by atoms with Crippen molar-refractivity contribution in [3.05, 3.63) is 52.2 Å². The largest absolute Gasteiger partial charge is 0.478 e. The summed E-state index contributed by atoms with van der Waals surface area (Å²) in [6.45, 7) is 3.64. The number of aromatic carboxylic acids is 1. The van der Waals surface area contributed by atoms with Crippen LogP contribution in [-0.4, -0.2) is 16.1 Å². The monoisotopic (exact) mass is 276 g/mol. The zero-order valence-corrected chi connectivity index (χ0v) is 11.3. The van der Waals surface area contributed by atoms with E-state index in [0.29, 0.717) is 16.5 Å². The molecular formula is C14H13ClN2O2. The number of anilines is 2. The molecule has 0 bridgehead atoms. The van der Waals surface area contributed by atoms with Crippen LogP contribution >= 0.6 is 11.6 Å². The molecule has 0 fully saturated rings. The number of rotatable bonds is 3. The summed E-state index contributed by atoms with van der Waals surface area (Å²) in [7, 11) is 0. The molecule has 0 spiro atoms. The molecule has 0 aliphatic heterocycles. The van der Waals surface area contributed by atoms with Crippen molar-refractivity contribution in [3.8, 4) is 0 Å². The lowest BCUT2D eigenvalue weighted by molar-refractivity contribution is 0.0696. The predicted molar refractivity (Wildman–Crippen MR) is 75.4 cm³/mol. The first-order valence-electron chi connectivity index (χ1n) is 5.71. The van der Waals surface area contributed by atoms with Crippen LogP contribution in [0.2, 0.25) is 5.02 Å². The van der Waals surface area contributed by atoms with Crippen LogP contribution in [0, 0.1) is 13.8 Å². The molecule has 1 heterocycles. The second kappa shape index (κ2) is 5.28. The van der Waals surface area contributed by atoms with Crippen molar-refractivity contribution in [2.75, 3.05) is 5.32 Å². The molecule has 0 atom stereocenters. The smallest absolute Gasteiger partial charge is 0.335 e. The average Bonchev–Trinajstić information content (AvgIpc) is 2.34. The first kappa shape index (κ1) is 13.4. The zero-order valence-electron chi connectivity index (χ0n) is 10.6. The van der Waals surface area contributed by atoms with E-state index in [9.17, 15) is 4.79 Å². The number of nitrogens with zero attached hydrogens (tertiary/aromatic N) is 1. The second-order valence-corrected chi connectivity index (χ2v) is 4.63. The van der Waals surface area contributed by atoms with Gasteiger partial charge in [-0.15, -0.1) is 0 Å². The van der Waals surface area contributed by atoms with Gasteiger partial charge in [-0.2, -0.15) is 0 Å². The lowest BCUT2D eigenvalue weighted by atomic mass is 10.2. The van der Waals surface area contributed by atoms with Gasteiger partial charge in [0, 0.05) is 16.4 Å². The standard InChI is InChI=1S/C14H13ClN2O2/c1-8-6-10(14(18)19)7-13(16-8)17-12-5-3-4-11(15)9(12)2/h3-7H,1-2H3,(H,16,17)(H,18,19). The van der Waals surface area contributed by atoms with Crippen LogP contribution in [-0.2, 0) is 0 Å². The third-order valence-corrected chi connectivity index (χ3v) is 3.14. The number of carbonyl (C=O) groups is 1. The van der Waals surface area contributed by atoms with E-state index < -0.39 is 5.97 Å². The molecule has 0 saturated carbocycles. The Morgan fingerprint density at radius 1 is 1.32 bits per heavy atom. The normalized spacial score (nSPS) is 10.3. The maximum absolute atomic E-state index is 11.0. The van der Waals surface area contributed by atoms with Crippen molar-refractivity contribution < 1.29 is 9.90 Å².